The minimum absolute atomic E-state index is 0.314. The first-order chi connectivity index (χ1) is 10.6. The van der Waals surface area contributed by atoms with Gasteiger partial charge >= 0.3 is 0 Å². The molecule has 3 rings (SSSR count). The minimum atomic E-state index is 0.314. The summed E-state index contributed by atoms with van der Waals surface area (Å²) in [5, 5.41) is 1.48. The molecule has 1 aliphatic carbocycles. The molecule has 0 radical (unpaired) electrons. The lowest BCUT2D eigenvalue weighted by Crippen LogP contribution is -2.38. The molecule has 0 aliphatic heterocycles. The van der Waals surface area contributed by atoms with Crippen LogP contribution < -0.4 is 0 Å². The Bertz CT molecular complexity index is 616. The van der Waals surface area contributed by atoms with Crippen molar-refractivity contribution in [1.82, 2.24) is 9.88 Å². The van der Waals surface area contributed by atoms with E-state index in [-0.39, 0.29) is 0 Å². The summed E-state index contributed by atoms with van der Waals surface area (Å²) < 4.78 is 0. The molecule has 1 fully saturated rings. The predicted octanol–water partition coefficient (Wildman–Crippen LogP) is 5.02. The number of likely N-dealkylation sites (N-methyl/N-ethyl adjacent to an activating group) is 1. The van der Waals surface area contributed by atoms with Gasteiger partial charge < -0.3 is 9.88 Å². The standard InChI is InChI=1S/C20H30N2/c1-16-10-9-11-18-19(16)17(14-21-18)20(15-22(2)3)12-7-5-4-6-8-13-20/h9-11,14,21H,4-8,12-13,15H2,1-3H3. The third kappa shape index (κ3) is 2.94. The van der Waals surface area contributed by atoms with Crippen LogP contribution in [0.5, 0.6) is 0 Å². The zero-order chi connectivity index (χ0) is 15.6. The highest BCUT2D eigenvalue weighted by Gasteiger charge is 2.35. The van der Waals surface area contributed by atoms with E-state index in [4.69, 9.17) is 0 Å². The average molecular weight is 298 g/mol. The van der Waals surface area contributed by atoms with Gasteiger partial charge in [0.1, 0.15) is 0 Å². The number of rotatable bonds is 3. The van der Waals surface area contributed by atoms with Gasteiger partial charge in [-0.1, -0.05) is 44.2 Å². The monoisotopic (exact) mass is 298 g/mol. The van der Waals surface area contributed by atoms with Crippen LogP contribution >= 0.6 is 0 Å². The summed E-state index contributed by atoms with van der Waals surface area (Å²) in [7, 11) is 4.45. The molecule has 2 nitrogen and oxygen atoms in total. The zero-order valence-electron chi connectivity index (χ0n) is 14.4. The fraction of sp³-hybridized carbons (Fsp3) is 0.600. The first kappa shape index (κ1) is 15.6. The molecule has 1 aliphatic rings. The fourth-order valence-electron chi connectivity index (χ4n) is 4.49. The van der Waals surface area contributed by atoms with Gasteiger partial charge in [0, 0.05) is 29.1 Å². The van der Waals surface area contributed by atoms with Gasteiger partial charge in [-0.2, -0.15) is 0 Å². The van der Waals surface area contributed by atoms with Gasteiger partial charge in [0.2, 0.25) is 0 Å². The highest BCUT2D eigenvalue weighted by Crippen LogP contribution is 2.42. The van der Waals surface area contributed by atoms with Crippen molar-refractivity contribution in [3.63, 3.8) is 0 Å². The number of hydrogen-bond acceptors (Lipinski definition) is 1. The Balaban J connectivity index is 2.10. The first-order valence-electron chi connectivity index (χ1n) is 8.84. The molecule has 0 unspecified atom stereocenters. The Morgan fingerprint density at radius 2 is 1.73 bits per heavy atom. The maximum Gasteiger partial charge on any atom is 0.0459 e. The van der Waals surface area contributed by atoms with E-state index in [1.54, 1.807) is 5.56 Å². The highest BCUT2D eigenvalue weighted by atomic mass is 15.1. The van der Waals surface area contributed by atoms with Crippen molar-refractivity contribution >= 4 is 10.9 Å². The molecular formula is C20H30N2. The number of aryl methyl sites for hydroxylation is 1. The molecule has 1 saturated carbocycles. The number of fused-ring (bicyclic) bond motifs is 1. The summed E-state index contributed by atoms with van der Waals surface area (Å²) in [6.07, 6.45) is 11.9. The fourth-order valence-corrected chi connectivity index (χ4v) is 4.49. The van der Waals surface area contributed by atoms with E-state index in [2.05, 4.69) is 55.3 Å². The second kappa shape index (κ2) is 6.45. The normalized spacial score (nSPS) is 19.3. The molecule has 0 amide bonds. The van der Waals surface area contributed by atoms with Crippen molar-refractivity contribution in [1.29, 1.82) is 0 Å². The van der Waals surface area contributed by atoms with Crippen LogP contribution in [0.15, 0.2) is 24.4 Å². The number of benzene rings is 1. The zero-order valence-corrected chi connectivity index (χ0v) is 14.4. The number of nitrogens with one attached hydrogen (secondary N) is 1. The second-order valence-corrected chi connectivity index (χ2v) is 7.49. The summed E-state index contributed by atoms with van der Waals surface area (Å²) >= 11 is 0. The van der Waals surface area contributed by atoms with Crippen LogP contribution in [-0.2, 0) is 5.41 Å². The molecule has 22 heavy (non-hydrogen) atoms. The minimum Gasteiger partial charge on any atom is -0.361 e. The van der Waals surface area contributed by atoms with Crippen LogP contribution in [0.1, 0.15) is 56.1 Å². The van der Waals surface area contributed by atoms with Gasteiger partial charge in [0.15, 0.2) is 0 Å². The molecule has 2 heteroatoms. The average Bonchev–Trinajstić information content (AvgIpc) is 2.87. The largest absolute Gasteiger partial charge is 0.361 e. The summed E-state index contributed by atoms with van der Waals surface area (Å²) in [6.45, 7) is 3.42. The highest BCUT2D eigenvalue weighted by molar-refractivity contribution is 5.87. The Kier molecular flexibility index (Phi) is 4.58. The summed E-state index contributed by atoms with van der Waals surface area (Å²) in [5.74, 6) is 0. The molecule has 0 saturated heterocycles. The van der Waals surface area contributed by atoms with Crippen LogP contribution in [0.3, 0.4) is 0 Å². The van der Waals surface area contributed by atoms with Gasteiger partial charge in [-0.25, -0.2) is 0 Å². The second-order valence-electron chi connectivity index (χ2n) is 7.49. The Hall–Kier alpha value is -1.28. The third-order valence-electron chi connectivity index (χ3n) is 5.42. The lowest BCUT2D eigenvalue weighted by atomic mass is 9.70. The van der Waals surface area contributed by atoms with Crippen LogP contribution in [0.2, 0.25) is 0 Å². The number of aromatic amines is 1. The lowest BCUT2D eigenvalue weighted by Gasteiger charge is -2.38. The Labute approximate surface area is 134 Å². The predicted molar refractivity (Wildman–Crippen MR) is 95.6 cm³/mol. The maximum absolute atomic E-state index is 3.54. The molecule has 1 aromatic heterocycles. The molecule has 1 aromatic carbocycles. The maximum atomic E-state index is 3.54. The van der Waals surface area contributed by atoms with Crippen molar-refractivity contribution in [3.8, 4) is 0 Å². The van der Waals surface area contributed by atoms with Crippen LogP contribution in [0, 0.1) is 6.92 Å². The molecule has 0 spiro atoms. The van der Waals surface area contributed by atoms with E-state index in [0.717, 1.165) is 6.54 Å². The van der Waals surface area contributed by atoms with Crippen LogP contribution in [0.25, 0.3) is 10.9 Å². The molecule has 2 aromatic rings. The van der Waals surface area contributed by atoms with E-state index >= 15 is 0 Å². The van der Waals surface area contributed by atoms with E-state index in [0.29, 0.717) is 5.41 Å². The van der Waals surface area contributed by atoms with Gasteiger partial charge in [0.05, 0.1) is 0 Å². The molecule has 120 valence electrons. The lowest BCUT2D eigenvalue weighted by molar-refractivity contribution is 0.231. The third-order valence-corrected chi connectivity index (χ3v) is 5.42. The SMILES string of the molecule is Cc1cccc2[nH]cc(C3(CN(C)C)CCCCCCC3)c12. The number of aromatic nitrogens is 1. The van der Waals surface area contributed by atoms with E-state index < -0.39 is 0 Å². The van der Waals surface area contributed by atoms with Gasteiger partial charge in [-0.05, 0) is 51.1 Å². The van der Waals surface area contributed by atoms with Crippen molar-refractivity contribution in [2.24, 2.45) is 0 Å². The summed E-state index contributed by atoms with van der Waals surface area (Å²) in [6, 6.07) is 6.64. The summed E-state index contributed by atoms with van der Waals surface area (Å²) in [5.41, 5.74) is 4.59. The van der Waals surface area contributed by atoms with Gasteiger partial charge in [0.25, 0.3) is 0 Å². The Morgan fingerprint density at radius 1 is 1.05 bits per heavy atom. The van der Waals surface area contributed by atoms with Gasteiger partial charge in [-0.3, -0.25) is 0 Å². The van der Waals surface area contributed by atoms with Crippen molar-refractivity contribution in [2.75, 3.05) is 20.6 Å². The number of nitrogens with zero attached hydrogens (tertiary/aromatic N) is 1. The quantitative estimate of drug-likeness (QED) is 0.843. The molecule has 1 heterocycles. The molecule has 1 N–H and O–H groups in total. The van der Waals surface area contributed by atoms with Crippen LogP contribution in [0.4, 0.5) is 0 Å². The molecule has 0 atom stereocenters. The summed E-state index contributed by atoms with van der Waals surface area (Å²) in [4.78, 5) is 5.93. The van der Waals surface area contributed by atoms with E-state index in [1.165, 1.54) is 61.4 Å². The van der Waals surface area contributed by atoms with Crippen molar-refractivity contribution in [2.45, 2.75) is 57.3 Å². The van der Waals surface area contributed by atoms with Crippen molar-refractivity contribution < 1.29 is 0 Å². The topological polar surface area (TPSA) is 19.0 Å². The van der Waals surface area contributed by atoms with E-state index in [9.17, 15) is 0 Å². The van der Waals surface area contributed by atoms with Crippen LogP contribution in [-0.4, -0.2) is 30.5 Å². The first-order valence-corrected chi connectivity index (χ1v) is 8.84. The van der Waals surface area contributed by atoms with Crippen molar-refractivity contribution in [3.05, 3.63) is 35.5 Å². The van der Waals surface area contributed by atoms with Gasteiger partial charge in [-0.15, -0.1) is 0 Å². The molecular weight excluding hydrogens is 268 g/mol. The van der Waals surface area contributed by atoms with E-state index in [1.807, 2.05) is 0 Å². The Morgan fingerprint density at radius 3 is 2.41 bits per heavy atom. The molecule has 0 bridgehead atoms. The number of hydrogen-bond donors (Lipinski definition) is 1. The smallest absolute Gasteiger partial charge is 0.0459 e. The number of H-pyrrole nitrogens is 1.